The summed E-state index contributed by atoms with van der Waals surface area (Å²) in [7, 11) is 0. The van der Waals surface area contributed by atoms with Crippen LogP contribution in [0.25, 0.3) is 0 Å². The quantitative estimate of drug-likeness (QED) is 0.415. The lowest BCUT2D eigenvalue weighted by Gasteiger charge is -2.32. The molecule has 0 aliphatic rings. The first-order valence-electron chi connectivity index (χ1n) is 12.2. The number of halogens is 3. The molecule has 0 saturated heterocycles. The SMILES string of the molecule is CCC(NC(=O)[C@@H](CC(=O)[C@@H](NC(=O)CC(C)(C)C)C(C)(C)C)CC(=O)C(C)(C)C)C(=O)C(F)(F)F. The third kappa shape index (κ3) is 11.6. The van der Waals surface area contributed by atoms with Crippen molar-refractivity contribution in [3.63, 3.8) is 0 Å². The Morgan fingerprint density at radius 3 is 1.64 bits per heavy atom. The molecule has 0 bridgehead atoms. The second-order valence-corrected chi connectivity index (χ2v) is 12.7. The van der Waals surface area contributed by atoms with Gasteiger partial charge in [0.25, 0.3) is 5.78 Å². The molecule has 0 rings (SSSR count). The first-order chi connectivity index (χ1) is 15.9. The molecule has 0 fully saturated rings. The number of hydrogen-bond acceptors (Lipinski definition) is 5. The number of rotatable bonds is 11. The summed E-state index contributed by atoms with van der Waals surface area (Å²) < 4.78 is 38.8. The lowest BCUT2D eigenvalue weighted by molar-refractivity contribution is -0.174. The summed E-state index contributed by atoms with van der Waals surface area (Å²) in [5.74, 6) is -5.64. The van der Waals surface area contributed by atoms with Gasteiger partial charge in [0.05, 0.1) is 18.0 Å². The fourth-order valence-corrected chi connectivity index (χ4v) is 3.46. The first kappa shape index (κ1) is 33.7. The number of carbonyl (C=O) groups is 5. The maximum absolute atomic E-state index is 13.3. The van der Waals surface area contributed by atoms with Crippen molar-refractivity contribution in [3.8, 4) is 0 Å². The molecule has 0 heterocycles. The lowest BCUT2D eigenvalue weighted by atomic mass is 9.78. The van der Waals surface area contributed by atoms with Crippen LogP contribution >= 0.6 is 0 Å². The predicted molar refractivity (Wildman–Crippen MR) is 131 cm³/mol. The van der Waals surface area contributed by atoms with Crippen molar-refractivity contribution in [1.29, 1.82) is 0 Å². The number of alkyl halides is 3. The van der Waals surface area contributed by atoms with Gasteiger partial charge in [-0.3, -0.25) is 24.0 Å². The smallest absolute Gasteiger partial charge is 0.346 e. The van der Waals surface area contributed by atoms with Crippen LogP contribution < -0.4 is 10.6 Å². The van der Waals surface area contributed by atoms with Crippen LogP contribution in [0.15, 0.2) is 0 Å². The van der Waals surface area contributed by atoms with E-state index in [-0.39, 0.29) is 29.9 Å². The maximum atomic E-state index is 13.3. The largest absolute Gasteiger partial charge is 0.452 e. The zero-order valence-corrected chi connectivity index (χ0v) is 23.2. The zero-order valence-electron chi connectivity index (χ0n) is 23.2. The lowest BCUT2D eigenvalue weighted by Crippen LogP contribution is -2.52. The fraction of sp³-hybridized carbons (Fsp3) is 0.808. The number of ketones is 3. The summed E-state index contributed by atoms with van der Waals surface area (Å²) in [4.78, 5) is 63.3. The summed E-state index contributed by atoms with van der Waals surface area (Å²) in [6.07, 6.45) is -6.19. The molecule has 0 aliphatic heterocycles. The van der Waals surface area contributed by atoms with Crippen LogP contribution in [0, 0.1) is 22.2 Å². The molecule has 0 spiro atoms. The molecular weight excluding hydrogens is 477 g/mol. The van der Waals surface area contributed by atoms with Crippen LogP contribution in [0.2, 0.25) is 0 Å². The topological polar surface area (TPSA) is 109 Å². The highest BCUT2D eigenvalue weighted by molar-refractivity contribution is 5.98. The Balaban J connectivity index is 6.01. The van der Waals surface area contributed by atoms with Gasteiger partial charge in [0.1, 0.15) is 5.78 Å². The van der Waals surface area contributed by atoms with Gasteiger partial charge in [-0.2, -0.15) is 13.2 Å². The third-order valence-corrected chi connectivity index (χ3v) is 5.59. The summed E-state index contributed by atoms with van der Waals surface area (Å²) in [5.41, 5.74) is -1.94. The maximum Gasteiger partial charge on any atom is 0.452 e. The number of amides is 2. The van der Waals surface area contributed by atoms with Crippen molar-refractivity contribution in [2.75, 3.05) is 0 Å². The van der Waals surface area contributed by atoms with Gasteiger partial charge < -0.3 is 10.6 Å². The van der Waals surface area contributed by atoms with Gasteiger partial charge in [0, 0.05) is 24.7 Å². The van der Waals surface area contributed by atoms with Crippen molar-refractivity contribution in [2.45, 2.75) is 113 Å². The van der Waals surface area contributed by atoms with E-state index in [0.29, 0.717) is 0 Å². The fourth-order valence-electron chi connectivity index (χ4n) is 3.46. The third-order valence-electron chi connectivity index (χ3n) is 5.59. The van der Waals surface area contributed by atoms with Gasteiger partial charge in [-0.05, 0) is 17.3 Å². The van der Waals surface area contributed by atoms with Crippen LogP contribution in [0.3, 0.4) is 0 Å². The van der Waals surface area contributed by atoms with Gasteiger partial charge in [0.2, 0.25) is 11.8 Å². The molecule has 10 heteroatoms. The minimum atomic E-state index is -5.14. The highest BCUT2D eigenvalue weighted by Crippen LogP contribution is 2.28. The number of carbonyl (C=O) groups excluding carboxylic acids is 5. The molecule has 208 valence electrons. The summed E-state index contributed by atoms with van der Waals surface area (Å²) in [6.45, 7) is 17.0. The van der Waals surface area contributed by atoms with Crippen molar-refractivity contribution in [3.05, 3.63) is 0 Å². The molecule has 0 aromatic heterocycles. The van der Waals surface area contributed by atoms with Crippen molar-refractivity contribution in [2.24, 2.45) is 22.2 Å². The molecule has 2 N–H and O–H groups in total. The van der Waals surface area contributed by atoms with Crippen LogP contribution in [0.5, 0.6) is 0 Å². The Labute approximate surface area is 212 Å². The number of Topliss-reactive ketones (excluding diaryl/α,β-unsaturated/α-hetero) is 3. The van der Waals surface area contributed by atoms with E-state index in [4.69, 9.17) is 0 Å². The average Bonchev–Trinajstić information content (AvgIpc) is 2.65. The van der Waals surface area contributed by atoms with Crippen molar-refractivity contribution < 1.29 is 37.1 Å². The Kier molecular flexibility index (Phi) is 11.5. The van der Waals surface area contributed by atoms with E-state index in [0.717, 1.165) is 0 Å². The zero-order chi connectivity index (χ0) is 28.9. The highest BCUT2D eigenvalue weighted by Gasteiger charge is 2.44. The molecule has 36 heavy (non-hydrogen) atoms. The second-order valence-electron chi connectivity index (χ2n) is 12.7. The molecule has 1 unspecified atom stereocenters. The number of nitrogens with one attached hydrogen (secondary N) is 2. The van der Waals surface area contributed by atoms with E-state index < -0.39 is 65.3 Å². The van der Waals surface area contributed by atoms with Crippen LogP contribution in [-0.2, 0) is 24.0 Å². The van der Waals surface area contributed by atoms with E-state index >= 15 is 0 Å². The number of hydrogen-bond donors (Lipinski definition) is 2. The van der Waals surface area contributed by atoms with E-state index in [1.807, 2.05) is 20.8 Å². The Hall–Kier alpha value is -2.26. The Morgan fingerprint density at radius 1 is 0.778 bits per heavy atom. The van der Waals surface area contributed by atoms with Crippen LogP contribution in [0.1, 0.15) is 94.9 Å². The van der Waals surface area contributed by atoms with Crippen molar-refractivity contribution in [1.82, 2.24) is 10.6 Å². The minimum absolute atomic E-state index is 0.150. The normalized spacial score (nSPS) is 15.5. The molecule has 3 atom stereocenters. The molecular formula is C26H43F3N2O5. The Bertz CT molecular complexity index is 830. The molecule has 0 aliphatic carbocycles. The summed E-state index contributed by atoms with van der Waals surface area (Å²) in [5, 5.41) is 4.81. The summed E-state index contributed by atoms with van der Waals surface area (Å²) in [6, 6.07) is -2.82. The molecule has 0 radical (unpaired) electrons. The molecule has 0 aromatic carbocycles. The Morgan fingerprint density at radius 2 is 1.28 bits per heavy atom. The standard InChI is InChI=1S/C26H43F3N2O5/c1-11-16(21(35)26(27,28)29)30-22(36)15(13-18(33)24(5,6)7)12-17(32)20(25(8,9)10)31-19(34)14-23(2,3)4/h15-16,20H,11-14H2,1-10H3,(H,30,36)(H,31,34)/t15-,16?,20+/m0/s1. The predicted octanol–water partition coefficient (Wildman–Crippen LogP) is 4.56. The molecule has 0 saturated carbocycles. The van der Waals surface area contributed by atoms with Gasteiger partial charge in [0.15, 0.2) is 5.78 Å². The van der Waals surface area contributed by atoms with Gasteiger partial charge in [-0.25, -0.2) is 0 Å². The minimum Gasteiger partial charge on any atom is -0.346 e. The van der Waals surface area contributed by atoms with Gasteiger partial charge in [-0.15, -0.1) is 0 Å². The highest BCUT2D eigenvalue weighted by atomic mass is 19.4. The van der Waals surface area contributed by atoms with Crippen LogP contribution in [-0.4, -0.2) is 47.4 Å². The molecule has 0 aromatic rings. The molecule has 2 amide bonds. The van der Waals surface area contributed by atoms with Crippen molar-refractivity contribution >= 4 is 29.2 Å². The van der Waals surface area contributed by atoms with Gasteiger partial charge in [-0.1, -0.05) is 69.2 Å². The van der Waals surface area contributed by atoms with E-state index in [1.54, 1.807) is 41.5 Å². The summed E-state index contributed by atoms with van der Waals surface area (Å²) >= 11 is 0. The van der Waals surface area contributed by atoms with Crippen LogP contribution in [0.4, 0.5) is 13.2 Å². The molecule has 7 nitrogen and oxygen atoms in total. The van der Waals surface area contributed by atoms with E-state index in [9.17, 15) is 37.1 Å². The monoisotopic (exact) mass is 520 g/mol. The van der Waals surface area contributed by atoms with E-state index in [1.165, 1.54) is 6.92 Å². The average molecular weight is 521 g/mol. The van der Waals surface area contributed by atoms with Gasteiger partial charge >= 0.3 is 6.18 Å². The second kappa shape index (κ2) is 12.3. The first-order valence-corrected chi connectivity index (χ1v) is 12.2. The van der Waals surface area contributed by atoms with E-state index in [2.05, 4.69) is 10.6 Å².